The number of carbonyl (C=O) groups is 1. The molecule has 15 heavy (non-hydrogen) atoms. The van der Waals surface area contributed by atoms with Gasteiger partial charge in [-0.3, -0.25) is 4.79 Å². The average molecular weight is 206 g/mol. The van der Waals surface area contributed by atoms with Crippen LogP contribution in [-0.4, -0.2) is 5.78 Å². The van der Waals surface area contributed by atoms with E-state index in [0.717, 1.165) is 19.3 Å². The van der Waals surface area contributed by atoms with Crippen LogP contribution in [0.5, 0.6) is 0 Å². The summed E-state index contributed by atoms with van der Waals surface area (Å²) in [5, 5.41) is 0. The van der Waals surface area contributed by atoms with Gasteiger partial charge in [-0.25, -0.2) is 0 Å². The van der Waals surface area contributed by atoms with E-state index in [1.165, 1.54) is 12.0 Å². The topological polar surface area (TPSA) is 17.1 Å². The number of carbonyl (C=O) groups excluding carboxylic acids is 1. The number of fused-ring (bicyclic) bond motifs is 1. The zero-order chi connectivity index (χ0) is 11.3. The number of Topliss-reactive ketones (excluding diaryl/α,β-unsaturated/α-hetero) is 1. The van der Waals surface area contributed by atoms with Gasteiger partial charge < -0.3 is 0 Å². The van der Waals surface area contributed by atoms with Crippen molar-refractivity contribution in [3.8, 4) is 0 Å². The zero-order valence-corrected chi connectivity index (χ0v) is 10.4. The average Bonchev–Trinajstić information content (AvgIpc) is 2.17. The molecule has 1 fully saturated rings. The van der Waals surface area contributed by atoms with Crippen molar-refractivity contribution in [3.63, 3.8) is 0 Å². The summed E-state index contributed by atoms with van der Waals surface area (Å²) in [5.74, 6) is 1.10. The van der Waals surface area contributed by atoms with Crippen LogP contribution >= 0.6 is 0 Å². The van der Waals surface area contributed by atoms with Gasteiger partial charge in [0, 0.05) is 10.8 Å². The Labute approximate surface area is 92.9 Å². The van der Waals surface area contributed by atoms with Crippen LogP contribution in [0, 0.1) is 16.7 Å². The summed E-state index contributed by atoms with van der Waals surface area (Å²) < 4.78 is 0. The van der Waals surface area contributed by atoms with E-state index in [2.05, 4.69) is 33.8 Å². The molecule has 0 saturated heterocycles. The molecule has 1 nitrogen and oxygen atoms in total. The Bertz CT molecular complexity index is 324. The summed E-state index contributed by atoms with van der Waals surface area (Å²) >= 11 is 0. The molecule has 0 N–H and O–H groups in total. The third-order valence-electron chi connectivity index (χ3n) is 4.60. The summed E-state index contributed by atoms with van der Waals surface area (Å²) in [6, 6.07) is 0. The van der Waals surface area contributed by atoms with Crippen molar-refractivity contribution in [1.82, 2.24) is 0 Å². The Morgan fingerprint density at radius 2 is 2.00 bits per heavy atom. The molecule has 0 aliphatic heterocycles. The van der Waals surface area contributed by atoms with E-state index in [9.17, 15) is 4.79 Å². The van der Waals surface area contributed by atoms with Gasteiger partial charge in [-0.05, 0) is 38.5 Å². The van der Waals surface area contributed by atoms with Crippen molar-refractivity contribution in [2.24, 2.45) is 16.7 Å². The van der Waals surface area contributed by atoms with E-state index >= 15 is 0 Å². The molecule has 0 amide bonds. The molecule has 0 aromatic carbocycles. The number of allylic oxidation sites excluding steroid dienone is 2. The van der Waals surface area contributed by atoms with E-state index < -0.39 is 0 Å². The third kappa shape index (κ3) is 1.56. The fourth-order valence-corrected chi connectivity index (χ4v) is 3.37. The molecular formula is C14H22O. The Hall–Kier alpha value is -0.590. The molecule has 0 spiro atoms. The first-order chi connectivity index (χ1) is 6.86. The standard InChI is InChI=1S/C14H22O/c1-10-5-8-14(4)11(9-10)6-7-13(2,3)12(14)15/h5,11H,6-9H2,1-4H3/t11-,14+/m0/s1. The predicted octanol–water partition coefficient (Wildman–Crippen LogP) is 3.74. The minimum Gasteiger partial charge on any atom is -0.298 e. The van der Waals surface area contributed by atoms with E-state index in [1.807, 2.05) is 0 Å². The molecule has 0 aromatic rings. The van der Waals surface area contributed by atoms with Gasteiger partial charge in [0.25, 0.3) is 0 Å². The molecule has 0 unspecified atom stereocenters. The van der Waals surface area contributed by atoms with Crippen LogP contribution < -0.4 is 0 Å². The number of rotatable bonds is 0. The fourth-order valence-electron chi connectivity index (χ4n) is 3.37. The van der Waals surface area contributed by atoms with Crippen LogP contribution in [0.15, 0.2) is 11.6 Å². The number of hydrogen-bond donors (Lipinski definition) is 0. The summed E-state index contributed by atoms with van der Waals surface area (Å²) in [4.78, 5) is 12.5. The number of ketones is 1. The molecule has 2 aliphatic rings. The van der Waals surface area contributed by atoms with Crippen LogP contribution in [0.3, 0.4) is 0 Å². The molecule has 0 radical (unpaired) electrons. The monoisotopic (exact) mass is 206 g/mol. The minimum atomic E-state index is -0.0929. The minimum absolute atomic E-state index is 0.0682. The van der Waals surface area contributed by atoms with Crippen molar-refractivity contribution >= 4 is 5.78 Å². The largest absolute Gasteiger partial charge is 0.298 e. The maximum atomic E-state index is 12.5. The van der Waals surface area contributed by atoms with Gasteiger partial charge in [-0.15, -0.1) is 0 Å². The van der Waals surface area contributed by atoms with Gasteiger partial charge in [0.15, 0.2) is 0 Å². The van der Waals surface area contributed by atoms with Gasteiger partial charge in [0.05, 0.1) is 0 Å². The van der Waals surface area contributed by atoms with Crippen molar-refractivity contribution in [2.75, 3.05) is 0 Å². The lowest BCUT2D eigenvalue weighted by Gasteiger charge is -2.48. The van der Waals surface area contributed by atoms with Crippen LogP contribution in [0.4, 0.5) is 0 Å². The maximum Gasteiger partial charge on any atom is 0.144 e. The summed E-state index contributed by atoms with van der Waals surface area (Å²) in [7, 11) is 0. The van der Waals surface area contributed by atoms with E-state index in [0.29, 0.717) is 11.7 Å². The highest BCUT2D eigenvalue weighted by Gasteiger charge is 2.51. The quantitative estimate of drug-likeness (QED) is 0.552. The molecule has 0 aromatic heterocycles. The molecule has 1 saturated carbocycles. The second-order valence-electron chi connectivity index (χ2n) is 6.32. The molecule has 2 rings (SSSR count). The second-order valence-corrected chi connectivity index (χ2v) is 6.32. The highest BCUT2D eigenvalue weighted by molar-refractivity contribution is 5.90. The van der Waals surface area contributed by atoms with Crippen LogP contribution in [0.1, 0.15) is 53.4 Å². The first kappa shape index (κ1) is 10.9. The molecule has 2 aliphatic carbocycles. The number of hydrogen-bond acceptors (Lipinski definition) is 1. The van der Waals surface area contributed by atoms with E-state index in [-0.39, 0.29) is 10.8 Å². The predicted molar refractivity (Wildman–Crippen MR) is 62.6 cm³/mol. The normalized spacial score (nSPS) is 39.6. The van der Waals surface area contributed by atoms with E-state index in [4.69, 9.17) is 0 Å². The lowest BCUT2D eigenvalue weighted by molar-refractivity contribution is -0.145. The van der Waals surface area contributed by atoms with Crippen molar-refractivity contribution in [2.45, 2.75) is 53.4 Å². The summed E-state index contributed by atoms with van der Waals surface area (Å²) in [6.45, 7) is 8.61. The first-order valence-corrected chi connectivity index (χ1v) is 6.07. The van der Waals surface area contributed by atoms with Crippen molar-refractivity contribution in [1.29, 1.82) is 0 Å². The van der Waals surface area contributed by atoms with Crippen LogP contribution in [0.2, 0.25) is 0 Å². The lowest BCUT2D eigenvalue weighted by Crippen LogP contribution is -2.49. The summed E-state index contributed by atoms with van der Waals surface area (Å²) in [5.41, 5.74) is 1.32. The Kier molecular flexibility index (Phi) is 2.33. The first-order valence-electron chi connectivity index (χ1n) is 6.07. The van der Waals surface area contributed by atoms with Gasteiger partial charge in [-0.2, -0.15) is 0 Å². The van der Waals surface area contributed by atoms with Crippen molar-refractivity contribution < 1.29 is 4.79 Å². The molecule has 84 valence electrons. The highest BCUT2D eigenvalue weighted by Crippen LogP contribution is 2.52. The lowest BCUT2D eigenvalue weighted by atomic mass is 9.54. The molecular weight excluding hydrogens is 184 g/mol. The molecule has 0 bridgehead atoms. The smallest absolute Gasteiger partial charge is 0.144 e. The Balaban J connectivity index is 2.34. The molecule has 0 heterocycles. The summed E-state index contributed by atoms with van der Waals surface area (Å²) in [6.07, 6.45) is 6.67. The van der Waals surface area contributed by atoms with Gasteiger partial charge in [0.2, 0.25) is 0 Å². The van der Waals surface area contributed by atoms with Gasteiger partial charge in [-0.1, -0.05) is 32.4 Å². The maximum absolute atomic E-state index is 12.5. The van der Waals surface area contributed by atoms with Crippen molar-refractivity contribution in [3.05, 3.63) is 11.6 Å². The van der Waals surface area contributed by atoms with E-state index in [1.54, 1.807) is 0 Å². The molecule has 2 atom stereocenters. The van der Waals surface area contributed by atoms with Gasteiger partial charge >= 0.3 is 0 Å². The third-order valence-corrected chi connectivity index (χ3v) is 4.60. The second kappa shape index (κ2) is 3.20. The van der Waals surface area contributed by atoms with Crippen LogP contribution in [-0.2, 0) is 4.79 Å². The Morgan fingerprint density at radius 1 is 1.33 bits per heavy atom. The fraction of sp³-hybridized carbons (Fsp3) is 0.786. The highest BCUT2D eigenvalue weighted by atomic mass is 16.1. The Morgan fingerprint density at radius 3 is 2.67 bits per heavy atom. The molecule has 1 heteroatoms. The van der Waals surface area contributed by atoms with Crippen LogP contribution in [0.25, 0.3) is 0 Å². The van der Waals surface area contributed by atoms with Gasteiger partial charge in [0.1, 0.15) is 5.78 Å². The zero-order valence-electron chi connectivity index (χ0n) is 10.4. The SMILES string of the molecule is CC1=CC[C@@]2(C)C(=O)C(C)(C)CC[C@H]2C1.